The van der Waals surface area contributed by atoms with Gasteiger partial charge in [-0.3, -0.25) is 14.4 Å². The first kappa shape index (κ1) is 12.6. The summed E-state index contributed by atoms with van der Waals surface area (Å²) in [5, 5.41) is 9.92. The van der Waals surface area contributed by atoms with E-state index in [0.29, 0.717) is 10.0 Å². The normalized spacial score (nSPS) is 17.5. The number of hydrogen-bond acceptors (Lipinski definition) is 4. The lowest BCUT2D eigenvalue weighted by Gasteiger charge is -2.30. The zero-order chi connectivity index (χ0) is 12.5. The second-order valence-electron chi connectivity index (χ2n) is 3.14. The van der Waals surface area contributed by atoms with Gasteiger partial charge in [-0.15, -0.1) is 0 Å². The van der Waals surface area contributed by atoms with E-state index < -0.39 is 28.6 Å². The van der Waals surface area contributed by atoms with Gasteiger partial charge in [0.05, 0.1) is 0 Å². The maximum Gasteiger partial charge on any atom is 0.339 e. The molecular formula is C8H9BrN2O5. The minimum absolute atomic E-state index is 0.0120. The van der Waals surface area contributed by atoms with Gasteiger partial charge in [0, 0.05) is 19.8 Å². The van der Waals surface area contributed by atoms with Crippen LogP contribution in [0.5, 0.6) is 0 Å². The van der Waals surface area contributed by atoms with Crippen LogP contribution in [0, 0.1) is 0 Å². The lowest BCUT2D eigenvalue weighted by molar-refractivity contribution is -0.172. The molecule has 8 heteroatoms. The van der Waals surface area contributed by atoms with Crippen molar-refractivity contribution in [3.05, 3.63) is 0 Å². The van der Waals surface area contributed by atoms with Crippen molar-refractivity contribution in [2.24, 2.45) is 0 Å². The molecule has 1 aliphatic rings. The number of halogens is 1. The quantitative estimate of drug-likeness (QED) is 0.438. The molecule has 0 saturated carbocycles. The number of nitrogens with zero attached hydrogens (tertiary/aromatic N) is 2. The number of amides is 3. The summed E-state index contributed by atoms with van der Waals surface area (Å²) in [6.45, 7) is 1.08. The van der Waals surface area contributed by atoms with Gasteiger partial charge >= 0.3 is 5.97 Å². The molecule has 7 nitrogen and oxygen atoms in total. The fraction of sp³-hybridized carbons (Fsp3) is 0.500. The standard InChI is InChI=1S/C8H9BrN2O5/c1-4(12)10(7(9)8(15)16)11-5(13)2-3-6(11)14/h7H,2-3H2,1H3,(H,15,16). The van der Waals surface area contributed by atoms with E-state index in [0.717, 1.165) is 6.92 Å². The number of alkyl halides is 1. The Hall–Kier alpha value is -1.44. The third-order valence-corrected chi connectivity index (χ3v) is 2.76. The number of carboxylic acids is 1. The van der Waals surface area contributed by atoms with Crippen molar-refractivity contribution < 1.29 is 24.3 Å². The zero-order valence-electron chi connectivity index (χ0n) is 8.34. The minimum atomic E-state index is -1.43. The van der Waals surface area contributed by atoms with Gasteiger partial charge in [-0.05, 0) is 0 Å². The van der Waals surface area contributed by atoms with Crippen LogP contribution in [-0.2, 0) is 19.2 Å². The number of carboxylic acid groups (broad SMARTS) is 1. The van der Waals surface area contributed by atoms with Crippen molar-refractivity contribution in [3.63, 3.8) is 0 Å². The Bertz CT molecular complexity index is 353. The molecule has 0 radical (unpaired) electrons. The van der Waals surface area contributed by atoms with E-state index in [9.17, 15) is 19.2 Å². The average Bonchev–Trinajstić information content (AvgIpc) is 2.49. The van der Waals surface area contributed by atoms with Crippen LogP contribution in [0.15, 0.2) is 0 Å². The largest absolute Gasteiger partial charge is 0.479 e. The van der Waals surface area contributed by atoms with Crippen LogP contribution in [0.1, 0.15) is 19.8 Å². The van der Waals surface area contributed by atoms with Crippen LogP contribution < -0.4 is 0 Å². The first-order valence-corrected chi connectivity index (χ1v) is 5.30. The van der Waals surface area contributed by atoms with Crippen LogP contribution in [0.3, 0.4) is 0 Å². The summed E-state index contributed by atoms with van der Waals surface area (Å²) < 4.78 is 0. The van der Waals surface area contributed by atoms with E-state index in [1.807, 2.05) is 0 Å². The molecule has 1 saturated heterocycles. The van der Waals surface area contributed by atoms with E-state index in [4.69, 9.17) is 5.11 Å². The molecule has 1 atom stereocenters. The second-order valence-corrected chi connectivity index (χ2v) is 4.00. The number of carbonyl (C=O) groups is 4. The third-order valence-electron chi connectivity index (χ3n) is 1.98. The van der Waals surface area contributed by atoms with Crippen molar-refractivity contribution in [1.82, 2.24) is 10.0 Å². The summed E-state index contributed by atoms with van der Waals surface area (Å²) in [4.78, 5) is 43.3. The van der Waals surface area contributed by atoms with E-state index in [1.165, 1.54) is 0 Å². The molecule has 1 aliphatic heterocycles. The molecule has 0 aliphatic carbocycles. The number of rotatable bonds is 3. The van der Waals surface area contributed by atoms with E-state index >= 15 is 0 Å². The highest BCUT2D eigenvalue weighted by molar-refractivity contribution is 9.09. The fourth-order valence-electron chi connectivity index (χ4n) is 1.31. The molecular weight excluding hydrogens is 284 g/mol. The first-order chi connectivity index (χ1) is 7.36. The van der Waals surface area contributed by atoms with E-state index in [1.54, 1.807) is 0 Å². The molecule has 1 rings (SSSR count). The van der Waals surface area contributed by atoms with Gasteiger partial charge < -0.3 is 5.11 Å². The average molecular weight is 293 g/mol. The number of aliphatic carboxylic acids is 1. The Labute approximate surface area is 99.1 Å². The molecule has 1 fully saturated rings. The van der Waals surface area contributed by atoms with Crippen molar-refractivity contribution in [2.45, 2.75) is 24.7 Å². The maximum absolute atomic E-state index is 11.4. The Morgan fingerprint density at radius 3 is 2.12 bits per heavy atom. The summed E-state index contributed by atoms with van der Waals surface area (Å²) in [5.74, 6) is -3.22. The van der Waals surface area contributed by atoms with Crippen LogP contribution in [0.2, 0.25) is 0 Å². The van der Waals surface area contributed by atoms with Gasteiger partial charge in [0.25, 0.3) is 0 Å². The summed E-state index contributed by atoms with van der Waals surface area (Å²) >= 11 is 2.73. The predicted octanol–water partition coefficient (Wildman–Crippen LogP) is -0.296. The van der Waals surface area contributed by atoms with Crippen molar-refractivity contribution in [1.29, 1.82) is 0 Å². The van der Waals surface area contributed by atoms with Gasteiger partial charge in [-0.25, -0.2) is 9.80 Å². The highest BCUT2D eigenvalue weighted by Gasteiger charge is 2.40. The zero-order valence-corrected chi connectivity index (χ0v) is 9.93. The molecule has 3 amide bonds. The van der Waals surface area contributed by atoms with Gasteiger partial charge in [0.15, 0.2) is 0 Å². The van der Waals surface area contributed by atoms with Crippen LogP contribution >= 0.6 is 15.9 Å². The van der Waals surface area contributed by atoms with Crippen LogP contribution in [0.4, 0.5) is 0 Å². The first-order valence-electron chi connectivity index (χ1n) is 4.38. The summed E-state index contributed by atoms with van der Waals surface area (Å²) in [6.07, 6.45) is -0.0239. The second kappa shape index (κ2) is 4.60. The van der Waals surface area contributed by atoms with Gasteiger partial charge in [-0.2, -0.15) is 5.01 Å². The number of hydrogen-bond donors (Lipinski definition) is 1. The summed E-state index contributed by atoms with van der Waals surface area (Å²) in [6, 6.07) is 0. The SMILES string of the molecule is CC(=O)N(C(Br)C(=O)O)N1C(=O)CCC1=O. The van der Waals surface area contributed by atoms with Crippen LogP contribution in [-0.4, -0.2) is 43.8 Å². The molecule has 0 spiro atoms. The minimum Gasteiger partial charge on any atom is -0.479 e. The van der Waals surface area contributed by atoms with Gasteiger partial charge in [0.1, 0.15) is 0 Å². The van der Waals surface area contributed by atoms with E-state index in [2.05, 4.69) is 15.9 Å². The number of imide groups is 1. The Kier molecular flexibility index (Phi) is 3.63. The topological polar surface area (TPSA) is 95.0 Å². The molecule has 0 aromatic carbocycles. The highest BCUT2D eigenvalue weighted by Crippen LogP contribution is 2.20. The van der Waals surface area contributed by atoms with Crippen molar-refractivity contribution in [2.75, 3.05) is 0 Å². The van der Waals surface area contributed by atoms with Crippen molar-refractivity contribution in [3.8, 4) is 0 Å². The molecule has 0 aromatic rings. The lowest BCUT2D eigenvalue weighted by atomic mass is 10.4. The predicted molar refractivity (Wildman–Crippen MR) is 54.0 cm³/mol. The van der Waals surface area contributed by atoms with Crippen molar-refractivity contribution >= 4 is 39.6 Å². The van der Waals surface area contributed by atoms with Gasteiger partial charge in [-0.1, -0.05) is 15.9 Å². The molecule has 88 valence electrons. The highest BCUT2D eigenvalue weighted by atomic mass is 79.9. The molecule has 1 heterocycles. The Morgan fingerprint density at radius 1 is 1.38 bits per heavy atom. The Morgan fingerprint density at radius 2 is 1.81 bits per heavy atom. The fourth-order valence-corrected chi connectivity index (χ4v) is 1.78. The molecule has 1 unspecified atom stereocenters. The molecule has 0 bridgehead atoms. The summed E-state index contributed by atoms with van der Waals surface area (Å²) in [5.41, 5.74) is 0. The number of hydrazine groups is 1. The Balaban J connectivity index is 3.02. The van der Waals surface area contributed by atoms with E-state index in [-0.39, 0.29) is 12.8 Å². The molecule has 16 heavy (non-hydrogen) atoms. The third kappa shape index (κ3) is 2.21. The lowest BCUT2D eigenvalue weighted by Crippen LogP contribution is -2.54. The maximum atomic E-state index is 11.4. The number of carbonyl (C=O) groups excluding carboxylic acids is 3. The molecule has 1 N–H and O–H groups in total. The molecule has 0 aromatic heterocycles. The van der Waals surface area contributed by atoms with Crippen LogP contribution in [0.25, 0.3) is 0 Å². The smallest absolute Gasteiger partial charge is 0.339 e. The monoisotopic (exact) mass is 292 g/mol. The summed E-state index contributed by atoms with van der Waals surface area (Å²) in [7, 11) is 0. The van der Waals surface area contributed by atoms with Gasteiger partial charge in [0.2, 0.25) is 22.7 Å².